The smallest absolute Gasteiger partial charge is 0.165 e. The molecule has 2 aromatic rings. The number of hydrogen-bond acceptors (Lipinski definition) is 4. The summed E-state index contributed by atoms with van der Waals surface area (Å²) in [5.74, 6) is -0.257. The number of aromatic nitrogens is 3. The summed E-state index contributed by atoms with van der Waals surface area (Å²) in [5, 5.41) is 16.2. The Morgan fingerprint density at radius 2 is 2.24 bits per heavy atom. The first kappa shape index (κ1) is 11.5. The third-order valence-corrected chi connectivity index (χ3v) is 2.27. The second-order valence-electron chi connectivity index (χ2n) is 3.72. The van der Waals surface area contributed by atoms with Crippen molar-refractivity contribution >= 4 is 0 Å². The molecule has 0 unspecified atom stereocenters. The van der Waals surface area contributed by atoms with E-state index in [2.05, 4.69) is 15.4 Å². The average Bonchev–Trinajstić information content (AvgIpc) is 2.70. The lowest BCUT2D eigenvalue weighted by atomic mass is 10.2. The molecule has 0 radical (unpaired) electrons. The molecule has 0 atom stereocenters. The SMILES string of the molecule is Cn1cnc(CNCc2ccc(O)c(F)c2)n1. The molecule has 0 bridgehead atoms. The summed E-state index contributed by atoms with van der Waals surface area (Å²) in [6.07, 6.45) is 1.62. The van der Waals surface area contributed by atoms with Gasteiger partial charge >= 0.3 is 0 Å². The first-order chi connectivity index (χ1) is 8.15. The zero-order chi connectivity index (χ0) is 12.3. The van der Waals surface area contributed by atoms with Gasteiger partial charge in [-0.25, -0.2) is 9.37 Å². The molecule has 17 heavy (non-hydrogen) atoms. The van der Waals surface area contributed by atoms with Gasteiger partial charge in [-0.15, -0.1) is 0 Å². The van der Waals surface area contributed by atoms with Crippen LogP contribution >= 0.6 is 0 Å². The van der Waals surface area contributed by atoms with Crippen molar-refractivity contribution in [3.63, 3.8) is 0 Å². The van der Waals surface area contributed by atoms with Crippen molar-refractivity contribution in [3.8, 4) is 5.75 Å². The van der Waals surface area contributed by atoms with Gasteiger partial charge in [0.2, 0.25) is 0 Å². The van der Waals surface area contributed by atoms with Crippen molar-refractivity contribution in [2.45, 2.75) is 13.1 Å². The third-order valence-electron chi connectivity index (χ3n) is 2.27. The molecule has 5 nitrogen and oxygen atoms in total. The lowest BCUT2D eigenvalue weighted by Crippen LogP contribution is -2.14. The summed E-state index contributed by atoms with van der Waals surface area (Å²) in [4.78, 5) is 4.05. The number of benzene rings is 1. The molecule has 0 saturated heterocycles. The Labute approximate surface area is 97.9 Å². The van der Waals surface area contributed by atoms with E-state index >= 15 is 0 Å². The van der Waals surface area contributed by atoms with Crippen LogP contribution in [0.3, 0.4) is 0 Å². The fraction of sp³-hybridized carbons (Fsp3) is 0.273. The number of nitrogens with zero attached hydrogens (tertiary/aromatic N) is 3. The lowest BCUT2D eigenvalue weighted by Gasteiger charge is -2.03. The maximum atomic E-state index is 13.0. The minimum atomic E-state index is -0.611. The lowest BCUT2D eigenvalue weighted by molar-refractivity contribution is 0.431. The molecule has 0 aliphatic carbocycles. The van der Waals surface area contributed by atoms with E-state index in [1.165, 1.54) is 12.1 Å². The van der Waals surface area contributed by atoms with Crippen LogP contribution in [-0.4, -0.2) is 19.9 Å². The van der Waals surface area contributed by atoms with Gasteiger partial charge in [0.15, 0.2) is 17.4 Å². The largest absolute Gasteiger partial charge is 0.505 e. The van der Waals surface area contributed by atoms with Gasteiger partial charge in [0.05, 0.1) is 6.54 Å². The number of aryl methyl sites for hydroxylation is 1. The van der Waals surface area contributed by atoms with Gasteiger partial charge in [-0.1, -0.05) is 6.07 Å². The molecule has 0 saturated carbocycles. The monoisotopic (exact) mass is 236 g/mol. The van der Waals surface area contributed by atoms with E-state index in [0.29, 0.717) is 18.9 Å². The summed E-state index contributed by atoms with van der Waals surface area (Å²) in [5.41, 5.74) is 0.760. The predicted molar refractivity (Wildman–Crippen MR) is 59.6 cm³/mol. The first-order valence-electron chi connectivity index (χ1n) is 5.18. The highest BCUT2D eigenvalue weighted by molar-refractivity contribution is 5.27. The summed E-state index contributed by atoms with van der Waals surface area (Å²) < 4.78 is 14.6. The first-order valence-corrected chi connectivity index (χ1v) is 5.18. The van der Waals surface area contributed by atoms with Crippen molar-refractivity contribution in [3.05, 3.63) is 41.7 Å². The topological polar surface area (TPSA) is 63.0 Å². The van der Waals surface area contributed by atoms with Crippen LogP contribution in [0.5, 0.6) is 5.75 Å². The fourth-order valence-electron chi connectivity index (χ4n) is 1.44. The third kappa shape index (κ3) is 3.01. The average molecular weight is 236 g/mol. The molecule has 90 valence electrons. The second kappa shape index (κ2) is 4.92. The maximum absolute atomic E-state index is 13.0. The molecular formula is C11H13FN4O. The van der Waals surface area contributed by atoms with Crippen LogP contribution in [0.15, 0.2) is 24.5 Å². The van der Waals surface area contributed by atoms with Crippen LogP contribution in [0.2, 0.25) is 0 Å². The highest BCUT2D eigenvalue weighted by atomic mass is 19.1. The minimum Gasteiger partial charge on any atom is -0.505 e. The molecule has 1 heterocycles. The van der Waals surface area contributed by atoms with Crippen molar-refractivity contribution < 1.29 is 9.50 Å². The van der Waals surface area contributed by atoms with E-state index in [1.807, 2.05) is 0 Å². The summed E-state index contributed by atoms with van der Waals surface area (Å²) in [6, 6.07) is 4.30. The van der Waals surface area contributed by atoms with Crippen LogP contribution in [0, 0.1) is 5.82 Å². The number of hydrogen-bond donors (Lipinski definition) is 2. The molecule has 1 aromatic heterocycles. The molecule has 2 rings (SSSR count). The molecule has 0 amide bonds. The molecule has 0 aliphatic rings. The summed E-state index contributed by atoms with van der Waals surface area (Å²) in [7, 11) is 1.80. The molecule has 1 aromatic carbocycles. The maximum Gasteiger partial charge on any atom is 0.165 e. The quantitative estimate of drug-likeness (QED) is 0.829. The van der Waals surface area contributed by atoms with E-state index in [-0.39, 0.29) is 5.75 Å². The Morgan fingerprint density at radius 1 is 1.41 bits per heavy atom. The van der Waals surface area contributed by atoms with E-state index in [9.17, 15) is 4.39 Å². The fourth-order valence-corrected chi connectivity index (χ4v) is 1.44. The van der Waals surface area contributed by atoms with Crippen molar-refractivity contribution in [1.82, 2.24) is 20.1 Å². The van der Waals surface area contributed by atoms with Crippen LogP contribution in [0.25, 0.3) is 0 Å². The van der Waals surface area contributed by atoms with E-state index in [1.54, 1.807) is 24.1 Å². The van der Waals surface area contributed by atoms with Crippen LogP contribution in [-0.2, 0) is 20.1 Å². The Hall–Kier alpha value is -1.95. The molecule has 2 N–H and O–H groups in total. The molecule has 0 spiro atoms. The number of phenols is 1. The summed E-state index contributed by atoms with van der Waals surface area (Å²) in [6.45, 7) is 1.01. The zero-order valence-electron chi connectivity index (χ0n) is 9.39. The second-order valence-corrected chi connectivity index (χ2v) is 3.72. The van der Waals surface area contributed by atoms with E-state index in [4.69, 9.17) is 5.11 Å². The highest BCUT2D eigenvalue weighted by Gasteiger charge is 2.02. The van der Waals surface area contributed by atoms with Crippen molar-refractivity contribution in [2.75, 3.05) is 0 Å². The molecule has 6 heteroatoms. The van der Waals surface area contributed by atoms with Crippen LogP contribution in [0.1, 0.15) is 11.4 Å². The van der Waals surface area contributed by atoms with Gasteiger partial charge in [0, 0.05) is 13.6 Å². The zero-order valence-corrected chi connectivity index (χ0v) is 9.39. The standard InChI is InChI=1S/C11H13FN4O/c1-16-7-14-11(15-16)6-13-5-8-2-3-10(17)9(12)4-8/h2-4,7,13,17H,5-6H2,1H3. The van der Waals surface area contributed by atoms with Crippen LogP contribution in [0.4, 0.5) is 4.39 Å². The van der Waals surface area contributed by atoms with Gasteiger partial charge in [-0.3, -0.25) is 4.68 Å². The van der Waals surface area contributed by atoms with Gasteiger partial charge < -0.3 is 10.4 Å². The Morgan fingerprint density at radius 3 is 2.88 bits per heavy atom. The van der Waals surface area contributed by atoms with E-state index in [0.717, 1.165) is 5.56 Å². The Kier molecular flexibility index (Phi) is 3.34. The van der Waals surface area contributed by atoms with Gasteiger partial charge in [0.25, 0.3) is 0 Å². The Balaban J connectivity index is 1.87. The van der Waals surface area contributed by atoms with Gasteiger partial charge in [-0.2, -0.15) is 5.10 Å². The minimum absolute atomic E-state index is 0.333. The molecular weight excluding hydrogens is 223 g/mol. The number of halogens is 1. The highest BCUT2D eigenvalue weighted by Crippen LogP contribution is 2.15. The number of phenolic OH excluding ortho intramolecular Hbond substituents is 1. The molecule has 0 fully saturated rings. The number of rotatable bonds is 4. The van der Waals surface area contributed by atoms with E-state index < -0.39 is 5.82 Å². The van der Waals surface area contributed by atoms with Gasteiger partial charge in [-0.05, 0) is 17.7 Å². The van der Waals surface area contributed by atoms with Crippen molar-refractivity contribution in [1.29, 1.82) is 0 Å². The van der Waals surface area contributed by atoms with Crippen LogP contribution < -0.4 is 5.32 Å². The molecule has 0 aliphatic heterocycles. The number of nitrogens with one attached hydrogen (secondary N) is 1. The number of aromatic hydroxyl groups is 1. The van der Waals surface area contributed by atoms with Gasteiger partial charge in [0.1, 0.15) is 6.33 Å². The Bertz CT molecular complexity index is 512. The normalized spacial score (nSPS) is 10.7. The van der Waals surface area contributed by atoms with Crippen molar-refractivity contribution in [2.24, 2.45) is 7.05 Å². The predicted octanol–water partition coefficient (Wildman–Crippen LogP) is 0.950. The summed E-state index contributed by atoms with van der Waals surface area (Å²) >= 11 is 0.